The third-order valence-electron chi connectivity index (χ3n) is 3.16. The molecular weight excluding hydrogens is 334 g/mol. The molecule has 112 valence electrons. The Balaban J connectivity index is 2.28. The molecule has 0 saturated heterocycles. The Morgan fingerprint density at radius 1 is 1.43 bits per heavy atom. The lowest BCUT2D eigenvalue weighted by Crippen LogP contribution is -2.13. The first kappa shape index (κ1) is 15.7. The number of carbonyl (C=O) groups excluding carboxylic acids is 1. The van der Waals surface area contributed by atoms with E-state index in [1.165, 1.54) is 0 Å². The number of benzene rings is 1. The molecule has 21 heavy (non-hydrogen) atoms. The number of hydrogen-bond acceptors (Lipinski definition) is 3. The number of carbonyl (C=O) groups is 1. The smallest absolute Gasteiger partial charge is 0.235 e. The Morgan fingerprint density at radius 2 is 2.14 bits per heavy atom. The van der Waals surface area contributed by atoms with Crippen LogP contribution >= 0.6 is 15.9 Å². The number of ether oxygens (including phenoxy) is 1. The summed E-state index contributed by atoms with van der Waals surface area (Å²) in [5.41, 5.74) is 2.56. The van der Waals surface area contributed by atoms with E-state index < -0.39 is 0 Å². The number of rotatable bonds is 6. The van der Waals surface area contributed by atoms with Crippen LogP contribution in [0, 0.1) is 0 Å². The minimum atomic E-state index is -0.112. The molecule has 0 saturated carbocycles. The fourth-order valence-corrected chi connectivity index (χ4v) is 2.18. The molecule has 0 spiro atoms. The molecule has 6 heteroatoms. The van der Waals surface area contributed by atoms with Crippen molar-refractivity contribution < 1.29 is 9.53 Å². The molecule has 0 bridgehead atoms. The Hall–Kier alpha value is -1.66. The van der Waals surface area contributed by atoms with Crippen LogP contribution in [0.25, 0.3) is 0 Å². The molecule has 1 N–H and O–H groups in total. The molecule has 2 aromatic rings. The highest BCUT2D eigenvalue weighted by atomic mass is 79.9. The fourth-order valence-electron chi connectivity index (χ4n) is 2.04. The molecule has 1 unspecified atom stereocenters. The highest BCUT2D eigenvalue weighted by molar-refractivity contribution is 9.09. The normalized spacial score (nSPS) is 12.1. The summed E-state index contributed by atoms with van der Waals surface area (Å²) in [6, 6.07) is 10.2. The monoisotopic (exact) mass is 351 g/mol. The summed E-state index contributed by atoms with van der Waals surface area (Å²) in [4.78, 5) is 11.6. The lowest BCUT2D eigenvalue weighted by molar-refractivity contribution is -0.113. The van der Waals surface area contributed by atoms with Crippen molar-refractivity contribution in [1.82, 2.24) is 9.78 Å². The zero-order chi connectivity index (χ0) is 15.2. The molecule has 1 atom stereocenters. The fraction of sp³-hybridized carbons (Fsp3) is 0.333. The van der Waals surface area contributed by atoms with E-state index in [0.29, 0.717) is 12.3 Å². The van der Waals surface area contributed by atoms with E-state index in [-0.39, 0.29) is 17.3 Å². The molecule has 0 radical (unpaired) electrons. The second-order valence-corrected chi connectivity index (χ2v) is 5.23. The van der Waals surface area contributed by atoms with E-state index in [2.05, 4.69) is 45.4 Å². The van der Waals surface area contributed by atoms with Gasteiger partial charge in [-0.05, 0) is 12.5 Å². The Bertz CT molecular complexity index is 598. The Labute approximate surface area is 132 Å². The van der Waals surface area contributed by atoms with Crippen molar-refractivity contribution in [3.05, 3.63) is 47.8 Å². The van der Waals surface area contributed by atoms with Gasteiger partial charge in [0.15, 0.2) is 0 Å². The summed E-state index contributed by atoms with van der Waals surface area (Å²) in [6.45, 7) is 2.42. The molecule has 0 fully saturated rings. The van der Waals surface area contributed by atoms with Crippen molar-refractivity contribution >= 4 is 27.5 Å². The van der Waals surface area contributed by atoms with Crippen LogP contribution in [0.3, 0.4) is 0 Å². The predicted molar refractivity (Wildman–Crippen MR) is 85.6 cm³/mol. The summed E-state index contributed by atoms with van der Waals surface area (Å²) < 4.78 is 6.98. The number of anilines is 1. The second kappa shape index (κ2) is 7.38. The van der Waals surface area contributed by atoms with Gasteiger partial charge in [-0.2, -0.15) is 5.10 Å². The summed E-state index contributed by atoms with van der Waals surface area (Å²) in [6.07, 6.45) is 1.84. The number of nitrogens with zero attached hydrogens (tertiary/aromatic N) is 2. The third-order valence-corrected chi connectivity index (χ3v) is 3.67. The lowest BCUT2D eigenvalue weighted by Gasteiger charge is -2.12. The van der Waals surface area contributed by atoms with Crippen LogP contribution in [0.2, 0.25) is 0 Å². The number of halogens is 1. The number of aromatic nitrogens is 2. The van der Waals surface area contributed by atoms with E-state index in [9.17, 15) is 4.79 Å². The minimum Gasteiger partial charge on any atom is -0.378 e. The first-order chi connectivity index (χ1) is 10.2. The summed E-state index contributed by atoms with van der Waals surface area (Å²) in [7, 11) is 1.61. The SMILES string of the molecule is COCc1nn(C(C)c2ccccc2)cc1NC(=O)CBr. The van der Waals surface area contributed by atoms with Crippen LogP contribution in [0.1, 0.15) is 24.2 Å². The first-order valence-electron chi connectivity index (χ1n) is 6.63. The third kappa shape index (κ3) is 3.92. The maximum absolute atomic E-state index is 11.6. The highest BCUT2D eigenvalue weighted by Gasteiger charge is 2.15. The van der Waals surface area contributed by atoms with E-state index >= 15 is 0 Å². The highest BCUT2D eigenvalue weighted by Crippen LogP contribution is 2.22. The van der Waals surface area contributed by atoms with E-state index in [1.807, 2.05) is 29.1 Å². The second-order valence-electron chi connectivity index (χ2n) is 4.67. The van der Waals surface area contributed by atoms with Gasteiger partial charge in [0.25, 0.3) is 0 Å². The molecule has 0 aliphatic rings. The van der Waals surface area contributed by atoms with Crippen molar-refractivity contribution in [2.24, 2.45) is 0 Å². The van der Waals surface area contributed by atoms with Crippen LogP contribution in [0.4, 0.5) is 5.69 Å². The van der Waals surface area contributed by atoms with Crippen LogP contribution in [0.15, 0.2) is 36.5 Å². The molecule has 1 aromatic heterocycles. The Morgan fingerprint density at radius 3 is 2.76 bits per heavy atom. The molecule has 1 heterocycles. The molecule has 1 amide bonds. The number of alkyl halides is 1. The molecular formula is C15H18BrN3O2. The van der Waals surface area contributed by atoms with E-state index in [4.69, 9.17) is 4.74 Å². The van der Waals surface area contributed by atoms with Crippen LogP contribution in [0.5, 0.6) is 0 Å². The van der Waals surface area contributed by atoms with Crippen molar-refractivity contribution in [2.75, 3.05) is 17.8 Å². The zero-order valence-electron chi connectivity index (χ0n) is 12.0. The average molecular weight is 352 g/mol. The van der Waals surface area contributed by atoms with Crippen molar-refractivity contribution in [3.8, 4) is 0 Å². The Kier molecular flexibility index (Phi) is 5.52. The average Bonchev–Trinajstić information content (AvgIpc) is 2.90. The quantitative estimate of drug-likeness (QED) is 0.814. The van der Waals surface area contributed by atoms with Gasteiger partial charge in [0.2, 0.25) is 5.91 Å². The van der Waals surface area contributed by atoms with Gasteiger partial charge in [-0.15, -0.1) is 0 Å². The van der Waals surface area contributed by atoms with Crippen molar-refractivity contribution in [3.63, 3.8) is 0 Å². The van der Waals surface area contributed by atoms with E-state index in [0.717, 1.165) is 11.3 Å². The summed E-state index contributed by atoms with van der Waals surface area (Å²) in [5, 5.41) is 7.60. The number of nitrogens with one attached hydrogen (secondary N) is 1. The maximum Gasteiger partial charge on any atom is 0.235 e. The zero-order valence-corrected chi connectivity index (χ0v) is 13.6. The predicted octanol–water partition coefficient (Wildman–Crippen LogP) is 2.97. The van der Waals surface area contributed by atoms with Gasteiger partial charge in [-0.3, -0.25) is 9.48 Å². The maximum atomic E-state index is 11.6. The van der Waals surface area contributed by atoms with Crippen molar-refractivity contribution in [1.29, 1.82) is 0 Å². The van der Waals surface area contributed by atoms with Gasteiger partial charge >= 0.3 is 0 Å². The standard InChI is InChI=1S/C15H18BrN3O2/c1-11(12-6-4-3-5-7-12)19-9-13(17-15(20)8-16)14(18-19)10-21-2/h3-7,9,11H,8,10H2,1-2H3,(H,17,20). The first-order valence-corrected chi connectivity index (χ1v) is 7.75. The minimum absolute atomic E-state index is 0.0800. The van der Waals surface area contributed by atoms with Crippen molar-refractivity contribution in [2.45, 2.75) is 19.6 Å². The number of amides is 1. The van der Waals surface area contributed by atoms with Crippen LogP contribution in [-0.4, -0.2) is 28.1 Å². The van der Waals surface area contributed by atoms with Crippen LogP contribution in [-0.2, 0) is 16.1 Å². The number of methoxy groups -OCH3 is 1. The van der Waals surface area contributed by atoms with Crippen LogP contribution < -0.4 is 5.32 Å². The molecule has 0 aliphatic carbocycles. The van der Waals surface area contributed by atoms with Gasteiger partial charge in [-0.1, -0.05) is 46.3 Å². The number of hydrogen-bond donors (Lipinski definition) is 1. The van der Waals surface area contributed by atoms with Gasteiger partial charge in [0.05, 0.1) is 23.7 Å². The molecule has 2 rings (SSSR count). The van der Waals surface area contributed by atoms with Gasteiger partial charge in [0.1, 0.15) is 5.69 Å². The largest absolute Gasteiger partial charge is 0.378 e. The van der Waals surface area contributed by atoms with Gasteiger partial charge in [-0.25, -0.2) is 0 Å². The molecule has 1 aromatic carbocycles. The lowest BCUT2D eigenvalue weighted by atomic mass is 10.1. The van der Waals surface area contributed by atoms with Gasteiger partial charge in [0, 0.05) is 13.3 Å². The topological polar surface area (TPSA) is 56.1 Å². The summed E-state index contributed by atoms with van der Waals surface area (Å²) in [5.74, 6) is -0.112. The summed E-state index contributed by atoms with van der Waals surface area (Å²) >= 11 is 3.14. The van der Waals surface area contributed by atoms with Gasteiger partial charge < -0.3 is 10.1 Å². The molecule has 5 nitrogen and oxygen atoms in total. The molecule has 0 aliphatic heterocycles. The van der Waals surface area contributed by atoms with E-state index in [1.54, 1.807) is 7.11 Å².